The molecule has 0 aromatic heterocycles. The molecule has 1 aliphatic rings. The van der Waals surface area contributed by atoms with Crippen LogP contribution in [0.3, 0.4) is 0 Å². The van der Waals surface area contributed by atoms with Gasteiger partial charge in [0.25, 0.3) is 0 Å². The molecule has 2 heteroatoms. The van der Waals surface area contributed by atoms with Crippen LogP contribution in [0.4, 0.5) is 0 Å². The number of piperazine rings is 1. The zero-order chi connectivity index (χ0) is 14.4. The zero-order valence-corrected chi connectivity index (χ0v) is 13.1. The maximum Gasteiger partial charge on any atom is 0.0450 e. The van der Waals surface area contributed by atoms with E-state index in [1.54, 1.807) is 0 Å². The van der Waals surface area contributed by atoms with Gasteiger partial charge in [-0.3, -0.25) is 4.90 Å². The van der Waals surface area contributed by atoms with Gasteiger partial charge in [0.2, 0.25) is 0 Å². The Bertz CT molecular complexity index is 420. The van der Waals surface area contributed by atoms with Crippen molar-refractivity contribution in [2.24, 2.45) is 0 Å². The second kappa shape index (κ2) is 7.05. The first-order valence-electron chi connectivity index (χ1n) is 7.90. The van der Waals surface area contributed by atoms with Gasteiger partial charge in [0.1, 0.15) is 0 Å². The summed E-state index contributed by atoms with van der Waals surface area (Å²) in [5.41, 5.74) is 1.71. The van der Waals surface area contributed by atoms with Gasteiger partial charge in [0.15, 0.2) is 0 Å². The second-order valence-electron chi connectivity index (χ2n) is 5.75. The average molecular weight is 272 g/mol. The number of benzene rings is 1. The molecular formula is C18H28N2. The van der Waals surface area contributed by atoms with Gasteiger partial charge in [-0.2, -0.15) is 0 Å². The van der Waals surface area contributed by atoms with E-state index in [0.29, 0.717) is 11.6 Å². The topological polar surface area (TPSA) is 15.3 Å². The van der Waals surface area contributed by atoms with Gasteiger partial charge in [-0.05, 0) is 25.3 Å². The van der Waals surface area contributed by atoms with Crippen molar-refractivity contribution < 1.29 is 0 Å². The van der Waals surface area contributed by atoms with Crippen molar-refractivity contribution in [2.45, 2.75) is 45.2 Å². The van der Waals surface area contributed by atoms with Crippen molar-refractivity contribution in [1.29, 1.82) is 0 Å². The lowest BCUT2D eigenvalue weighted by Crippen LogP contribution is -2.61. The molecule has 0 aliphatic carbocycles. The second-order valence-corrected chi connectivity index (χ2v) is 5.75. The van der Waals surface area contributed by atoms with Crippen molar-refractivity contribution in [3.05, 3.63) is 48.0 Å². The Morgan fingerprint density at radius 1 is 1.25 bits per heavy atom. The molecule has 1 aliphatic heterocycles. The van der Waals surface area contributed by atoms with E-state index in [4.69, 9.17) is 0 Å². The number of nitrogens with one attached hydrogen (secondary N) is 1. The molecule has 20 heavy (non-hydrogen) atoms. The molecule has 1 atom stereocenters. The predicted molar refractivity (Wildman–Crippen MR) is 86.9 cm³/mol. The summed E-state index contributed by atoms with van der Waals surface area (Å²) in [6.07, 6.45) is 6.86. The lowest BCUT2D eigenvalue weighted by atomic mass is 9.86. The Hall–Kier alpha value is -1.12. The molecular weight excluding hydrogens is 244 g/mol. The minimum atomic E-state index is 0.310. The smallest absolute Gasteiger partial charge is 0.0450 e. The molecule has 2 nitrogen and oxygen atoms in total. The van der Waals surface area contributed by atoms with E-state index in [0.717, 1.165) is 19.6 Å². The van der Waals surface area contributed by atoms with E-state index in [9.17, 15) is 0 Å². The Morgan fingerprint density at radius 2 is 1.95 bits per heavy atom. The fourth-order valence-corrected chi connectivity index (χ4v) is 3.26. The molecule has 0 spiro atoms. The zero-order valence-electron chi connectivity index (χ0n) is 13.1. The van der Waals surface area contributed by atoms with Crippen molar-refractivity contribution in [2.75, 3.05) is 19.6 Å². The van der Waals surface area contributed by atoms with Gasteiger partial charge in [0.05, 0.1) is 0 Å². The third kappa shape index (κ3) is 3.13. The van der Waals surface area contributed by atoms with E-state index in [-0.39, 0.29) is 0 Å². The highest BCUT2D eigenvalue weighted by molar-refractivity contribution is 5.21. The summed E-state index contributed by atoms with van der Waals surface area (Å²) in [4.78, 5) is 2.67. The van der Waals surface area contributed by atoms with Crippen LogP contribution in [-0.4, -0.2) is 30.1 Å². The fourth-order valence-electron chi connectivity index (χ4n) is 3.26. The first-order chi connectivity index (χ1) is 9.75. The molecule has 1 aromatic carbocycles. The third-order valence-corrected chi connectivity index (χ3v) is 4.83. The van der Waals surface area contributed by atoms with Gasteiger partial charge in [-0.1, -0.05) is 56.3 Å². The maximum absolute atomic E-state index is 3.77. The van der Waals surface area contributed by atoms with Crippen LogP contribution >= 0.6 is 0 Å². The molecule has 1 heterocycles. The Morgan fingerprint density at radius 3 is 2.55 bits per heavy atom. The molecule has 0 radical (unpaired) electrons. The first kappa shape index (κ1) is 15.3. The molecule has 0 bridgehead atoms. The summed E-state index contributed by atoms with van der Waals surface area (Å²) in [7, 11) is 0. The SMILES string of the molecule is C/C=C/CN1CC(c2ccccc2)NCC1(CC)CC. The van der Waals surface area contributed by atoms with Crippen LogP contribution in [0, 0.1) is 0 Å². The Balaban J connectivity index is 2.16. The largest absolute Gasteiger partial charge is 0.307 e. The summed E-state index contributed by atoms with van der Waals surface area (Å²) >= 11 is 0. The lowest BCUT2D eigenvalue weighted by molar-refractivity contribution is 0.0420. The van der Waals surface area contributed by atoms with Gasteiger partial charge < -0.3 is 5.32 Å². The summed E-state index contributed by atoms with van der Waals surface area (Å²) < 4.78 is 0. The van der Waals surface area contributed by atoms with Crippen molar-refractivity contribution >= 4 is 0 Å². The molecule has 0 amide bonds. The quantitative estimate of drug-likeness (QED) is 0.821. The van der Waals surface area contributed by atoms with Crippen molar-refractivity contribution in [3.8, 4) is 0 Å². The standard InChI is InChI=1S/C18H28N2/c1-4-7-13-20-14-17(16-11-9-8-10-12-16)19-15-18(20,5-2)6-3/h4,7-12,17,19H,5-6,13-15H2,1-3H3/b7-4+. The van der Waals surface area contributed by atoms with Gasteiger partial charge >= 0.3 is 0 Å². The average Bonchev–Trinajstić information content (AvgIpc) is 2.53. The molecule has 110 valence electrons. The highest BCUT2D eigenvalue weighted by atomic mass is 15.3. The minimum absolute atomic E-state index is 0.310. The third-order valence-electron chi connectivity index (χ3n) is 4.83. The van der Waals surface area contributed by atoms with E-state index < -0.39 is 0 Å². The molecule has 1 N–H and O–H groups in total. The molecule has 1 fully saturated rings. The predicted octanol–water partition coefficient (Wildman–Crippen LogP) is 3.77. The van der Waals surface area contributed by atoms with E-state index >= 15 is 0 Å². The molecule has 1 unspecified atom stereocenters. The number of hydrogen-bond acceptors (Lipinski definition) is 2. The van der Waals surface area contributed by atoms with Crippen LogP contribution in [0.5, 0.6) is 0 Å². The van der Waals surface area contributed by atoms with E-state index in [1.807, 2.05) is 0 Å². The monoisotopic (exact) mass is 272 g/mol. The van der Waals surface area contributed by atoms with E-state index in [2.05, 4.69) is 73.5 Å². The van der Waals surface area contributed by atoms with Crippen molar-refractivity contribution in [1.82, 2.24) is 10.2 Å². The van der Waals surface area contributed by atoms with Gasteiger partial charge in [0, 0.05) is 31.2 Å². The Kier molecular flexibility index (Phi) is 5.38. The van der Waals surface area contributed by atoms with Crippen LogP contribution in [-0.2, 0) is 0 Å². The minimum Gasteiger partial charge on any atom is -0.307 e. The summed E-state index contributed by atoms with van der Waals surface area (Å²) in [6.45, 7) is 9.97. The van der Waals surface area contributed by atoms with Gasteiger partial charge in [-0.15, -0.1) is 0 Å². The Labute approximate surface area is 123 Å². The number of rotatable bonds is 5. The summed E-state index contributed by atoms with van der Waals surface area (Å²) in [5, 5.41) is 3.77. The number of hydrogen-bond donors (Lipinski definition) is 1. The van der Waals surface area contributed by atoms with Crippen LogP contribution in [0.2, 0.25) is 0 Å². The molecule has 2 rings (SSSR count). The molecule has 0 saturated carbocycles. The fraction of sp³-hybridized carbons (Fsp3) is 0.556. The van der Waals surface area contributed by atoms with Crippen LogP contribution in [0.25, 0.3) is 0 Å². The number of nitrogens with zero attached hydrogens (tertiary/aromatic N) is 1. The maximum atomic E-state index is 3.77. The van der Waals surface area contributed by atoms with Gasteiger partial charge in [-0.25, -0.2) is 0 Å². The lowest BCUT2D eigenvalue weighted by Gasteiger charge is -2.49. The van der Waals surface area contributed by atoms with Crippen LogP contribution < -0.4 is 5.32 Å². The highest BCUT2D eigenvalue weighted by Gasteiger charge is 2.38. The normalized spacial score (nSPS) is 23.2. The first-order valence-corrected chi connectivity index (χ1v) is 7.90. The van der Waals surface area contributed by atoms with E-state index in [1.165, 1.54) is 18.4 Å². The number of allylic oxidation sites excluding steroid dienone is 1. The molecule has 1 aromatic rings. The van der Waals surface area contributed by atoms with Crippen LogP contribution in [0.15, 0.2) is 42.5 Å². The summed E-state index contributed by atoms with van der Waals surface area (Å²) in [6, 6.07) is 11.3. The summed E-state index contributed by atoms with van der Waals surface area (Å²) in [5.74, 6) is 0. The van der Waals surface area contributed by atoms with Crippen molar-refractivity contribution in [3.63, 3.8) is 0 Å². The highest BCUT2D eigenvalue weighted by Crippen LogP contribution is 2.31. The van der Waals surface area contributed by atoms with Crippen LogP contribution in [0.1, 0.15) is 45.2 Å². The molecule has 1 saturated heterocycles.